The predicted octanol–water partition coefficient (Wildman–Crippen LogP) is 3.43. The van der Waals surface area contributed by atoms with E-state index in [1.807, 2.05) is 44.2 Å². The maximum Gasteiger partial charge on any atom is 0.242 e. The van der Waals surface area contributed by atoms with E-state index in [2.05, 4.69) is 26.3 Å². The van der Waals surface area contributed by atoms with Crippen molar-refractivity contribution in [3.63, 3.8) is 0 Å². The van der Waals surface area contributed by atoms with Gasteiger partial charge in [0.1, 0.15) is 5.82 Å². The van der Waals surface area contributed by atoms with Gasteiger partial charge in [0.25, 0.3) is 0 Å². The zero-order chi connectivity index (χ0) is 15.4. The normalized spacial score (nSPS) is 11.6. The van der Waals surface area contributed by atoms with E-state index in [4.69, 9.17) is 5.73 Å². The summed E-state index contributed by atoms with van der Waals surface area (Å²) in [6.45, 7) is 3.89. The molecule has 2 aromatic rings. The molecule has 3 N–H and O–H groups in total. The molecule has 0 spiro atoms. The van der Waals surface area contributed by atoms with Gasteiger partial charge in [-0.15, -0.1) is 12.4 Å². The number of benzene rings is 1. The lowest BCUT2D eigenvalue weighted by molar-refractivity contribution is -0.117. The fraction of sp³-hybridized carbons (Fsp3) is 0.333. The van der Waals surface area contributed by atoms with Crippen LogP contribution in [0.5, 0.6) is 0 Å². The van der Waals surface area contributed by atoms with Crippen LogP contribution in [-0.4, -0.2) is 21.7 Å². The van der Waals surface area contributed by atoms with Crippen LogP contribution in [-0.2, 0) is 4.79 Å². The van der Waals surface area contributed by atoms with Crippen molar-refractivity contribution in [1.82, 2.24) is 9.78 Å². The Labute approximate surface area is 144 Å². The van der Waals surface area contributed by atoms with Gasteiger partial charge in [-0.05, 0) is 31.5 Å². The highest BCUT2D eigenvalue weighted by molar-refractivity contribution is 9.10. The van der Waals surface area contributed by atoms with Crippen LogP contribution in [0.3, 0.4) is 0 Å². The highest BCUT2D eigenvalue weighted by Gasteiger charge is 2.16. The molecule has 0 saturated carbocycles. The van der Waals surface area contributed by atoms with E-state index in [0.717, 1.165) is 22.3 Å². The summed E-state index contributed by atoms with van der Waals surface area (Å²) in [5.74, 6) is 0.440. The molecule has 5 nitrogen and oxygen atoms in total. The molecule has 0 fully saturated rings. The quantitative estimate of drug-likeness (QED) is 0.825. The highest BCUT2D eigenvalue weighted by atomic mass is 79.9. The average molecular weight is 388 g/mol. The number of hydrogen-bond acceptors (Lipinski definition) is 3. The van der Waals surface area contributed by atoms with Crippen molar-refractivity contribution in [3.05, 3.63) is 40.5 Å². The average Bonchev–Trinajstić information content (AvgIpc) is 2.80. The summed E-state index contributed by atoms with van der Waals surface area (Å²) in [4.78, 5) is 12.1. The smallest absolute Gasteiger partial charge is 0.242 e. The van der Waals surface area contributed by atoms with E-state index < -0.39 is 6.04 Å². The van der Waals surface area contributed by atoms with E-state index in [1.54, 1.807) is 4.68 Å². The Bertz CT molecular complexity index is 644. The molecule has 1 aromatic carbocycles. The van der Waals surface area contributed by atoms with Crippen molar-refractivity contribution in [2.45, 2.75) is 32.7 Å². The molecule has 1 heterocycles. The standard InChI is InChI=1S/C15H19BrN4O.ClH/c1-3-5-13(17)15(21)18-14-8-10(2)19-20(14)12-7-4-6-11(16)9-12;/h4,6-9,13H,3,5,17H2,1-2H3,(H,18,21);1H. The molecular formula is C15H20BrClN4O. The van der Waals surface area contributed by atoms with Gasteiger partial charge in [0, 0.05) is 10.5 Å². The van der Waals surface area contributed by atoms with Gasteiger partial charge in [-0.25, -0.2) is 4.68 Å². The van der Waals surface area contributed by atoms with Crippen LogP contribution in [0.2, 0.25) is 0 Å². The summed E-state index contributed by atoms with van der Waals surface area (Å²) in [5.41, 5.74) is 7.55. The largest absolute Gasteiger partial charge is 0.320 e. The number of anilines is 1. The van der Waals surface area contributed by atoms with Crippen LogP contribution in [0.25, 0.3) is 5.69 Å². The number of amides is 1. The zero-order valence-electron chi connectivity index (χ0n) is 12.5. The van der Waals surface area contributed by atoms with Crippen molar-refractivity contribution in [1.29, 1.82) is 0 Å². The van der Waals surface area contributed by atoms with Crippen LogP contribution in [0.1, 0.15) is 25.5 Å². The van der Waals surface area contributed by atoms with Crippen LogP contribution >= 0.6 is 28.3 Å². The third-order valence-corrected chi connectivity index (χ3v) is 3.57. The first-order valence-electron chi connectivity index (χ1n) is 6.90. The van der Waals surface area contributed by atoms with Crippen molar-refractivity contribution in [3.8, 4) is 5.69 Å². The van der Waals surface area contributed by atoms with Crippen molar-refractivity contribution >= 4 is 40.1 Å². The van der Waals surface area contributed by atoms with E-state index in [0.29, 0.717) is 12.2 Å². The molecule has 7 heteroatoms. The zero-order valence-corrected chi connectivity index (χ0v) is 14.9. The third-order valence-electron chi connectivity index (χ3n) is 3.07. The molecule has 0 aliphatic rings. The summed E-state index contributed by atoms with van der Waals surface area (Å²) >= 11 is 3.44. The van der Waals surface area contributed by atoms with Crippen molar-refractivity contribution in [2.24, 2.45) is 5.73 Å². The van der Waals surface area contributed by atoms with Gasteiger partial charge in [-0.3, -0.25) is 4.79 Å². The molecule has 22 heavy (non-hydrogen) atoms. The number of hydrogen-bond donors (Lipinski definition) is 2. The van der Waals surface area contributed by atoms with Gasteiger partial charge in [0.05, 0.1) is 17.4 Å². The molecule has 1 amide bonds. The Kier molecular flexibility index (Phi) is 7.06. The van der Waals surface area contributed by atoms with Crippen LogP contribution in [0.4, 0.5) is 5.82 Å². The van der Waals surface area contributed by atoms with Gasteiger partial charge in [-0.1, -0.05) is 35.3 Å². The number of nitrogens with zero attached hydrogens (tertiary/aromatic N) is 2. The monoisotopic (exact) mass is 386 g/mol. The topological polar surface area (TPSA) is 72.9 Å². The fourth-order valence-corrected chi connectivity index (χ4v) is 2.44. The highest BCUT2D eigenvalue weighted by Crippen LogP contribution is 2.20. The Morgan fingerprint density at radius 3 is 2.82 bits per heavy atom. The first-order chi connectivity index (χ1) is 10.0. The van der Waals surface area contributed by atoms with Crippen molar-refractivity contribution in [2.75, 3.05) is 5.32 Å². The SMILES string of the molecule is CCCC(N)C(=O)Nc1cc(C)nn1-c1cccc(Br)c1.Cl. The van der Waals surface area contributed by atoms with Gasteiger partial charge < -0.3 is 11.1 Å². The van der Waals surface area contributed by atoms with E-state index in [-0.39, 0.29) is 18.3 Å². The summed E-state index contributed by atoms with van der Waals surface area (Å²) in [7, 11) is 0. The van der Waals surface area contributed by atoms with Gasteiger partial charge in [-0.2, -0.15) is 5.10 Å². The number of aryl methyl sites for hydroxylation is 1. The number of halogens is 2. The third kappa shape index (κ3) is 4.56. The minimum Gasteiger partial charge on any atom is -0.320 e. The Morgan fingerprint density at radius 2 is 2.18 bits per heavy atom. The minimum atomic E-state index is -0.499. The molecule has 120 valence electrons. The summed E-state index contributed by atoms with van der Waals surface area (Å²) in [6, 6.07) is 9.06. The molecule has 0 bridgehead atoms. The van der Waals surface area contributed by atoms with Crippen LogP contribution < -0.4 is 11.1 Å². The van der Waals surface area contributed by atoms with Crippen molar-refractivity contribution < 1.29 is 4.79 Å². The molecule has 1 unspecified atom stereocenters. The predicted molar refractivity (Wildman–Crippen MR) is 94.8 cm³/mol. The molecule has 0 saturated heterocycles. The lowest BCUT2D eigenvalue weighted by Crippen LogP contribution is -2.35. The number of carbonyl (C=O) groups is 1. The fourth-order valence-electron chi connectivity index (χ4n) is 2.05. The number of nitrogens with one attached hydrogen (secondary N) is 1. The molecule has 0 aliphatic carbocycles. The molecule has 0 aliphatic heterocycles. The van der Waals surface area contributed by atoms with Gasteiger partial charge >= 0.3 is 0 Å². The summed E-state index contributed by atoms with van der Waals surface area (Å²) in [5, 5.41) is 7.28. The van der Waals surface area contributed by atoms with E-state index >= 15 is 0 Å². The first-order valence-corrected chi connectivity index (χ1v) is 7.69. The summed E-state index contributed by atoms with van der Waals surface area (Å²) < 4.78 is 2.66. The Morgan fingerprint density at radius 1 is 1.45 bits per heavy atom. The van der Waals surface area contributed by atoms with E-state index in [1.165, 1.54) is 0 Å². The second-order valence-corrected chi connectivity index (χ2v) is 5.86. The lowest BCUT2D eigenvalue weighted by atomic mass is 10.2. The molecule has 1 aromatic heterocycles. The van der Waals surface area contributed by atoms with Gasteiger partial charge in [0.2, 0.25) is 5.91 Å². The van der Waals surface area contributed by atoms with Crippen LogP contribution in [0.15, 0.2) is 34.8 Å². The maximum absolute atomic E-state index is 12.1. The van der Waals surface area contributed by atoms with E-state index in [9.17, 15) is 4.79 Å². The molecular weight excluding hydrogens is 368 g/mol. The Hall–Kier alpha value is -1.37. The Balaban J connectivity index is 0.00000242. The number of nitrogens with two attached hydrogens (primary N) is 1. The van der Waals surface area contributed by atoms with Crippen LogP contribution in [0, 0.1) is 6.92 Å². The summed E-state index contributed by atoms with van der Waals surface area (Å²) in [6.07, 6.45) is 1.54. The second-order valence-electron chi connectivity index (χ2n) is 4.95. The molecule has 1 atom stereocenters. The second kappa shape index (κ2) is 8.31. The molecule has 2 rings (SSSR count). The minimum absolute atomic E-state index is 0. The lowest BCUT2D eigenvalue weighted by Gasteiger charge is -2.12. The number of carbonyl (C=O) groups excluding carboxylic acids is 1. The number of aromatic nitrogens is 2. The number of rotatable bonds is 5. The maximum atomic E-state index is 12.1. The molecule has 0 radical (unpaired) electrons. The van der Waals surface area contributed by atoms with Gasteiger partial charge in [0.15, 0.2) is 0 Å². The first kappa shape index (κ1) is 18.7.